The summed E-state index contributed by atoms with van der Waals surface area (Å²) >= 11 is 0. The van der Waals surface area contributed by atoms with E-state index >= 15 is 0 Å². The molecule has 2 N–H and O–H groups in total. The van der Waals surface area contributed by atoms with Gasteiger partial charge >= 0.3 is 18.2 Å². The van der Waals surface area contributed by atoms with E-state index in [2.05, 4.69) is 0 Å². The number of allylic oxidation sites excluding steroid dienone is 1. The van der Waals surface area contributed by atoms with Crippen LogP contribution in [0.2, 0.25) is 0 Å². The number of imide groups is 1. The molecular formula is C27H23F3N6O5S. The van der Waals surface area contributed by atoms with Gasteiger partial charge in [-0.1, -0.05) is 12.1 Å². The van der Waals surface area contributed by atoms with Gasteiger partial charge in [0.15, 0.2) is 9.84 Å². The summed E-state index contributed by atoms with van der Waals surface area (Å²) in [7, 11) is -4.12. The Labute approximate surface area is 238 Å². The monoisotopic (exact) mass is 600 g/mol. The predicted molar refractivity (Wildman–Crippen MR) is 141 cm³/mol. The molecular weight excluding hydrogens is 577 g/mol. The van der Waals surface area contributed by atoms with Gasteiger partial charge in [0.2, 0.25) is 5.91 Å². The molecule has 1 saturated heterocycles. The van der Waals surface area contributed by atoms with Gasteiger partial charge < -0.3 is 10.6 Å². The zero-order valence-electron chi connectivity index (χ0n) is 22.2. The Morgan fingerprint density at radius 1 is 1.10 bits per heavy atom. The Hall–Kier alpha value is -4.89. The molecule has 0 saturated carbocycles. The lowest BCUT2D eigenvalue weighted by Crippen LogP contribution is -2.58. The van der Waals surface area contributed by atoms with Crippen LogP contribution in [0.25, 0.3) is 0 Å². The summed E-state index contributed by atoms with van der Waals surface area (Å²) in [6.45, 7) is 1.26. The van der Waals surface area contributed by atoms with Gasteiger partial charge in [0.25, 0.3) is 0 Å². The minimum atomic E-state index is -4.78. The van der Waals surface area contributed by atoms with Gasteiger partial charge in [0, 0.05) is 18.5 Å². The fourth-order valence-corrected chi connectivity index (χ4v) is 6.09. The normalized spacial score (nSPS) is 19.5. The van der Waals surface area contributed by atoms with Crippen molar-refractivity contribution in [3.05, 3.63) is 70.4 Å². The Bertz CT molecular complexity index is 1720. The number of nitrogens with zero attached hydrogens (tertiary/aromatic N) is 5. The number of alkyl halides is 3. The first-order chi connectivity index (χ1) is 19.6. The van der Waals surface area contributed by atoms with Crippen molar-refractivity contribution in [2.75, 3.05) is 17.7 Å². The number of likely N-dealkylation sites (tertiary alicyclic amines) is 1. The second-order valence-corrected chi connectivity index (χ2v) is 11.7. The molecule has 4 rings (SSSR count). The van der Waals surface area contributed by atoms with Gasteiger partial charge in [-0.3, -0.25) is 9.69 Å². The van der Waals surface area contributed by atoms with Gasteiger partial charge in [-0.25, -0.2) is 22.9 Å². The largest absolute Gasteiger partial charge is 0.416 e. The molecule has 0 unspecified atom stereocenters. The number of carbonyl (C=O) groups is 3. The van der Waals surface area contributed by atoms with E-state index in [9.17, 15) is 46.5 Å². The number of amides is 5. The van der Waals surface area contributed by atoms with Gasteiger partial charge in [0.1, 0.15) is 12.1 Å². The van der Waals surface area contributed by atoms with Crippen molar-refractivity contribution in [1.29, 1.82) is 10.5 Å². The third-order valence-electron chi connectivity index (χ3n) is 7.08. The van der Waals surface area contributed by atoms with Crippen LogP contribution >= 0.6 is 0 Å². The second kappa shape index (κ2) is 10.8. The van der Waals surface area contributed by atoms with Crippen LogP contribution in [0.4, 0.5) is 28.4 Å². The first-order valence-electron chi connectivity index (χ1n) is 12.4. The minimum absolute atomic E-state index is 0.0105. The predicted octanol–water partition coefficient (Wildman–Crippen LogP) is 3.83. The van der Waals surface area contributed by atoms with Crippen LogP contribution in [0.3, 0.4) is 0 Å². The van der Waals surface area contributed by atoms with Crippen molar-refractivity contribution in [1.82, 2.24) is 9.80 Å². The van der Waals surface area contributed by atoms with Crippen molar-refractivity contribution in [3.8, 4) is 12.1 Å². The smallest absolute Gasteiger partial charge is 0.368 e. The summed E-state index contributed by atoms with van der Waals surface area (Å²) in [6.07, 6.45) is -3.42. The standard InChI is InChI=1S/C27H23F3N6O5S/c1-15-20(14-32)23(19-9-8-16(13-31)11-22(19)42(2,40)41)36(25(38)34-10-4-7-21(34)24(33)37)26(39)35(15)18-6-3-5-17(12-18)27(28,29)30/h3,5-6,8-9,11-12,21,23H,4,7,10H2,1-2H3,(H2,33,37)/t21-,23+/m0/s1. The number of rotatable bonds is 4. The number of halogens is 3. The van der Waals surface area contributed by atoms with Crippen LogP contribution < -0.4 is 10.6 Å². The molecule has 5 amide bonds. The number of nitrogens with two attached hydrogens (primary N) is 1. The lowest BCUT2D eigenvalue weighted by Gasteiger charge is -2.42. The third-order valence-corrected chi connectivity index (χ3v) is 8.23. The second-order valence-electron chi connectivity index (χ2n) is 9.72. The summed E-state index contributed by atoms with van der Waals surface area (Å²) < 4.78 is 66.3. The summed E-state index contributed by atoms with van der Waals surface area (Å²) in [6, 6.07) is 5.73. The van der Waals surface area contributed by atoms with Crippen molar-refractivity contribution in [2.24, 2.45) is 5.73 Å². The summed E-state index contributed by atoms with van der Waals surface area (Å²) in [5.74, 6) is -0.862. The maximum absolute atomic E-state index is 14.2. The van der Waals surface area contributed by atoms with E-state index in [1.165, 1.54) is 25.1 Å². The fraction of sp³-hybridized carbons (Fsp3) is 0.296. The van der Waals surface area contributed by atoms with E-state index in [0.29, 0.717) is 17.4 Å². The Morgan fingerprint density at radius 2 is 1.79 bits per heavy atom. The van der Waals surface area contributed by atoms with Crippen LogP contribution in [0.15, 0.2) is 58.6 Å². The molecule has 42 heavy (non-hydrogen) atoms. The van der Waals surface area contributed by atoms with E-state index in [4.69, 9.17) is 5.73 Å². The topological polar surface area (TPSA) is 169 Å². The first kappa shape index (κ1) is 30.1. The highest BCUT2D eigenvalue weighted by Crippen LogP contribution is 2.43. The maximum atomic E-state index is 14.2. The van der Waals surface area contributed by atoms with Crippen LogP contribution in [-0.2, 0) is 20.8 Å². The average molecular weight is 601 g/mol. The number of anilines is 1. The van der Waals surface area contributed by atoms with Crippen LogP contribution in [-0.4, -0.2) is 55.0 Å². The highest BCUT2D eigenvalue weighted by molar-refractivity contribution is 7.90. The highest BCUT2D eigenvalue weighted by atomic mass is 32.2. The number of sulfone groups is 1. The van der Waals surface area contributed by atoms with Crippen molar-refractivity contribution in [3.63, 3.8) is 0 Å². The summed E-state index contributed by atoms with van der Waals surface area (Å²) in [5.41, 5.74) is 3.32. The molecule has 15 heteroatoms. The number of benzene rings is 2. The molecule has 0 aromatic heterocycles. The van der Waals surface area contributed by atoms with Crippen LogP contribution in [0, 0.1) is 22.7 Å². The molecule has 0 spiro atoms. The molecule has 2 aliphatic heterocycles. The van der Waals surface area contributed by atoms with E-state index in [1.54, 1.807) is 6.07 Å². The number of carbonyl (C=O) groups excluding carboxylic acids is 3. The number of urea groups is 2. The number of hydrogen-bond acceptors (Lipinski definition) is 7. The molecule has 2 heterocycles. The minimum Gasteiger partial charge on any atom is -0.368 e. The van der Waals surface area contributed by atoms with E-state index in [1.807, 2.05) is 6.07 Å². The summed E-state index contributed by atoms with van der Waals surface area (Å²) in [4.78, 5) is 42.2. The van der Waals surface area contributed by atoms with Gasteiger partial charge in [-0.2, -0.15) is 23.7 Å². The molecule has 2 aliphatic rings. The number of nitriles is 2. The van der Waals surface area contributed by atoms with Crippen molar-refractivity contribution < 1.29 is 36.0 Å². The van der Waals surface area contributed by atoms with Gasteiger partial charge in [-0.05, 0) is 55.7 Å². The molecule has 11 nitrogen and oxygen atoms in total. The molecule has 0 aliphatic carbocycles. The first-order valence-corrected chi connectivity index (χ1v) is 14.3. The molecule has 218 valence electrons. The molecule has 2 atom stereocenters. The lowest BCUT2D eigenvalue weighted by molar-refractivity contribution is -0.137. The molecule has 2 aromatic carbocycles. The molecule has 0 radical (unpaired) electrons. The Balaban J connectivity index is 2.03. The van der Waals surface area contributed by atoms with Gasteiger partial charge in [-0.15, -0.1) is 0 Å². The Morgan fingerprint density at radius 3 is 2.36 bits per heavy atom. The van der Waals surface area contributed by atoms with Crippen LogP contribution in [0.5, 0.6) is 0 Å². The van der Waals surface area contributed by atoms with Crippen molar-refractivity contribution in [2.45, 2.75) is 42.9 Å². The fourth-order valence-electron chi connectivity index (χ4n) is 5.14. The third kappa shape index (κ3) is 5.26. The maximum Gasteiger partial charge on any atom is 0.416 e. The number of hydrogen-bond donors (Lipinski definition) is 1. The molecule has 1 fully saturated rings. The SMILES string of the molecule is CC1=C(C#N)[C@@H](c2ccc(C#N)cc2S(C)(=O)=O)N(C(=O)N2CCC[C@H]2C(N)=O)C(=O)N1c1cccc(C(F)(F)F)c1. The quantitative estimate of drug-likeness (QED) is 0.556. The average Bonchev–Trinajstić information content (AvgIpc) is 3.42. The van der Waals surface area contributed by atoms with Crippen molar-refractivity contribution >= 4 is 33.5 Å². The molecule has 2 aromatic rings. The Kier molecular flexibility index (Phi) is 7.76. The van der Waals surface area contributed by atoms with Gasteiger partial charge in [0.05, 0.1) is 39.4 Å². The van der Waals surface area contributed by atoms with E-state index in [0.717, 1.165) is 34.3 Å². The summed E-state index contributed by atoms with van der Waals surface area (Å²) in [5, 5.41) is 19.6. The van der Waals surface area contributed by atoms with E-state index < -0.39 is 56.5 Å². The molecule has 0 bridgehead atoms. The highest BCUT2D eigenvalue weighted by Gasteiger charge is 2.48. The number of primary amides is 1. The zero-order valence-corrected chi connectivity index (χ0v) is 23.0. The lowest BCUT2D eigenvalue weighted by atomic mass is 9.93. The van der Waals surface area contributed by atoms with Crippen LogP contribution in [0.1, 0.15) is 42.5 Å². The van der Waals surface area contributed by atoms with E-state index in [-0.39, 0.29) is 41.1 Å². The zero-order chi connectivity index (χ0) is 31.1.